The summed E-state index contributed by atoms with van der Waals surface area (Å²) in [5.74, 6) is -0.724. The van der Waals surface area contributed by atoms with Gasteiger partial charge in [0.2, 0.25) is 0 Å². The monoisotopic (exact) mass is 390 g/mol. The van der Waals surface area contributed by atoms with Crippen molar-refractivity contribution in [3.63, 3.8) is 0 Å². The van der Waals surface area contributed by atoms with Gasteiger partial charge in [0, 0.05) is 13.1 Å². The number of hydrogen-bond donors (Lipinski definition) is 1. The maximum absolute atomic E-state index is 13.1. The number of nitrogens with zero attached hydrogens (tertiary/aromatic N) is 1. The first-order chi connectivity index (χ1) is 12.9. The number of rotatable bonds is 5. The molecule has 1 N–H and O–H groups in total. The topological polar surface area (TPSA) is 66.5 Å². The fraction of sp³-hybridized carbons (Fsp3) is 0.350. The standard InChI is InChI=1S/C20H23FN2O3S/c1-23(16-7-3-2-4-8-16)20(24)18-9-5-6-10-19(18)22-27(25,26)17-13-11-15(21)12-14-17/h5-6,9-14,16,22H,2-4,7-8H2,1H3. The second-order valence-electron chi connectivity index (χ2n) is 6.81. The van der Waals surface area contributed by atoms with E-state index in [9.17, 15) is 17.6 Å². The van der Waals surface area contributed by atoms with Crippen LogP contribution in [0.25, 0.3) is 0 Å². The summed E-state index contributed by atoms with van der Waals surface area (Å²) in [6, 6.07) is 11.3. The summed E-state index contributed by atoms with van der Waals surface area (Å²) in [4.78, 5) is 14.6. The highest BCUT2D eigenvalue weighted by Crippen LogP contribution is 2.26. The van der Waals surface area contributed by atoms with Gasteiger partial charge in [-0.05, 0) is 49.2 Å². The molecule has 5 nitrogen and oxygen atoms in total. The van der Waals surface area contributed by atoms with Crippen molar-refractivity contribution in [2.24, 2.45) is 0 Å². The van der Waals surface area contributed by atoms with Gasteiger partial charge in [-0.2, -0.15) is 0 Å². The van der Waals surface area contributed by atoms with Crippen molar-refractivity contribution >= 4 is 21.6 Å². The van der Waals surface area contributed by atoms with E-state index in [0.717, 1.165) is 37.8 Å². The largest absolute Gasteiger partial charge is 0.339 e. The molecule has 2 aromatic rings. The fourth-order valence-corrected chi connectivity index (χ4v) is 4.48. The molecule has 0 spiro atoms. The van der Waals surface area contributed by atoms with Gasteiger partial charge in [-0.15, -0.1) is 0 Å². The Kier molecular flexibility index (Phi) is 5.79. The van der Waals surface area contributed by atoms with Crippen molar-refractivity contribution in [2.75, 3.05) is 11.8 Å². The quantitative estimate of drug-likeness (QED) is 0.838. The lowest BCUT2D eigenvalue weighted by Gasteiger charge is -2.31. The lowest BCUT2D eigenvalue weighted by Crippen LogP contribution is -2.38. The van der Waals surface area contributed by atoms with Crippen molar-refractivity contribution in [2.45, 2.75) is 43.0 Å². The molecule has 1 saturated carbocycles. The van der Waals surface area contributed by atoms with Crippen LogP contribution in [0.4, 0.5) is 10.1 Å². The number of amides is 1. The fourth-order valence-electron chi connectivity index (χ4n) is 3.40. The Bertz CT molecular complexity index is 907. The van der Waals surface area contributed by atoms with Crippen LogP contribution in [-0.4, -0.2) is 32.3 Å². The molecule has 1 aliphatic rings. The predicted molar refractivity (Wildman–Crippen MR) is 103 cm³/mol. The van der Waals surface area contributed by atoms with Gasteiger partial charge in [-0.1, -0.05) is 31.4 Å². The summed E-state index contributed by atoms with van der Waals surface area (Å²) in [6.07, 6.45) is 5.31. The molecule has 144 valence electrons. The Labute approximate surface area is 159 Å². The Morgan fingerprint density at radius 1 is 1.04 bits per heavy atom. The smallest absolute Gasteiger partial charge is 0.261 e. The van der Waals surface area contributed by atoms with E-state index in [1.165, 1.54) is 18.6 Å². The van der Waals surface area contributed by atoms with E-state index in [-0.39, 0.29) is 22.5 Å². The zero-order chi connectivity index (χ0) is 19.4. The van der Waals surface area contributed by atoms with Gasteiger partial charge in [0.25, 0.3) is 15.9 Å². The molecular formula is C20H23FN2O3S. The van der Waals surface area contributed by atoms with Crippen molar-refractivity contribution in [1.82, 2.24) is 4.90 Å². The number of halogens is 1. The number of hydrogen-bond acceptors (Lipinski definition) is 3. The van der Waals surface area contributed by atoms with Crippen LogP contribution in [-0.2, 0) is 10.0 Å². The zero-order valence-electron chi connectivity index (χ0n) is 15.2. The van der Waals surface area contributed by atoms with E-state index in [1.54, 1.807) is 36.2 Å². The summed E-state index contributed by atoms with van der Waals surface area (Å²) in [5, 5.41) is 0. The number of para-hydroxylation sites is 1. The van der Waals surface area contributed by atoms with E-state index in [0.29, 0.717) is 5.56 Å². The molecule has 7 heteroatoms. The van der Waals surface area contributed by atoms with Crippen LogP contribution in [0.2, 0.25) is 0 Å². The van der Waals surface area contributed by atoms with Crippen LogP contribution >= 0.6 is 0 Å². The third kappa shape index (κ3) is 4.47. The van der Waals surface area contributed by atoms with E-state index in [4.69, 9.17) is 0 Å². The van der Waals surface area contributed by atoms with E-state index in [1.807, 2.05) is 0 Å². The molecule has 0 saturated heterocycles. The second-order valence-corrected chi connectivity index (χ2v) is 8.50. The highest BCUT2D eigenvalue weighted by molar-refractivity contribution is 7.92. The van der Waals surface area contributed by atoms with E-state index in [2.05, 4.69) is 4.72 Å². The Morgan fingerprint density at radius 3 is 2.33 bits per heavy atom. The van der Waals surface area contributed by atoms with Gasteiger partial charge in [-0.25, -0.2) is 12.8 Å². The normalized spacial score (nSPS) is 15.3. The van der Waals surface area contributed by atoms with Crippen molar-refractivity contribution in [3.8, 4) is 0 Å². The van der Waals surface area contributed by atoms with Crippen LogP contribution < -0.4 is 4.72 Å². The average molecular weight is 390 g/mol. The summed E-state index contributed by atoms with van der Waals surface area (Å²) in [7, 11) is -2.16. The summed E-state index contributed by atoms with van der Waals surface area (Å²) < 4.78 is 40.7. The van der Waals surface area contributed by atoms with Gasteiger partial charge in [0.15, 0.2) is 0 Å². The maximum Gasteiger partial charge on any atom is 0.261 e. The first-order valence-electron chi connectivity index (χ1n) is 9.03. The lowest BCUT2D eigenvalue weighted by atomic mass is 9.94. The molecule has 1 aliphatic carbocycles. The third-order valence-corrected chi connectivity index (χ3v) is 6.35. The minimum absolute atomic E-state index is 0.0632. The van der Waals surface area contributed by atoms with Crippen LogP contribution in [0, 0.1) is 5.82 Å². The molecular weight excluding hydrogens is 367 g/mol. The number of carbonyl (C=O) groups excluding carboxylic acids is 1. The van der Waals surface area contributed by atoms with E-state index >= 15 is 0 Å². The van der Waals surface area contributed by atoms with Crippen LogP contribution in [0.3, 0.4) is 0 Å². The second kappa shape index (κ2) is 8.08. The molecule has 0 unspecified atom stereocenters. The van der Waals surface area contributed by atoms with Crippen molar-refractivity contribution in [1.29, 1.82) is 0 Å². The molecule has 1 fully saturated rings. The molecule has 0 heterocycles. The highest BCUT2D eigenvalue weighted by Gasteiger charge is 2.25. The molecule has 27 heavy (non-hydrogen) atoms. The third-order valence-electron chi connectivity index (χ3n) is 4.97. The maximum atomic E-state index is 13.1. The summed E-state index contributed by atoms with van der Waals surface area (Å²) in [5.41, 5.74) is 0.519. The zero-order valence-corrected chi connectivity index (χ0v) is 16.0. The molecule has 0 aromatic heterocycles. The van der Waals surface area contributed by atoms with Gasteiger partial charge in [0.1, 0.15) is 5.82 Å². The number of benzene rings is 2. The van der Waals surface area contributed by atoms with Crippen molar-refractivity contribution in [3.05, 3.63) is 59.9 Å². The van der Waals surface area contributed by atoms with Crippen LogP contribution in [0.15, 0.2) is 53.4 Å². The molecule has 0 aliphatic heterocycles. The molecule has 0 atom stereocenters. The Morgan fingerprint density at radius 2 is 1.67 bits per heavy atom. The molecule has 2 aromatic carbocycles. The van der Waals surface area contributed by atoms with Crippen LogP contribution in [0.5, 0.6) is 0 Å². The SMILES string of the molecule is CN(C(=O)c1ccccc1NS(=O)(=O)c1ccc(F)cc1)C1CCCCC1. The highest BCUT2D eigenvalue weighted by atomic mass is 32.2. The Balaban J connectivity index is 1.85. The summed E-state index contributed by atoms with van der Waals surface area (Å²) >= 11 is 0. The van der Waals surface area contributed by atoms with Gasteiger partial charge in [0.05, 0.1) is 16.1 Å². The Hall–Kier alpha value is -2.41. The first kappa shape index (κ1) is 19.4. The minimum Gasteiger partial charge on any atom is -0.339 e. The lowest BCUT2D eigenvalue weighted by molar-refractivity contribution is 0.0697. The van der Waals surface area contributed by atoms with E-state index < -0.39 is 15.8 Å². The number of anilines is 1. The molecule has 1 amide bonds. The van der Waals surface area contributed by atoms with Crippen molar-refractivity contribution < 1.29 is 17.6 Å². The first-order valence-corrected chi connectivity index (χ1v) is 10.5. The summed E-state index contributed by atoms with van der Waals surface area (Å²) in [6.45, 7) is 0. The van der Waals surface area contributed by atoms with Crippen LogP contribution in [0.1, 0.15) is 42.5 Å². The minimum atomic E-state index is -3.92. The average Bonchev–Trinajstić information content (AvgIpc) is 2.68. The number of carbonyl (C=O) groups is 1. The molecule has 3 rings (SSSR count). The predicted octanol–water partition coefficient (Wildman–Crippen LogP) is 4.03. The molecule has 0 radical (unpaired) electrons. The number of nitrogens with one attached hydrogen (secondary N) is 1. The van der Waals surface area contributed by atoms with Gasteiger partial charge >= 0.3 is 0 Å². The van der Waals surface area contributed by atoms with Gasteiger partial charge < -0.3 is 4.90 Å². The number of sulfonamides is 1. The molecule has 0 bridgehead atoms. The van der Waals surface area contributed by atoms with Gasteiger partial charge in [-0.3, -0.25) is 9.52 Å².